The number of hydrogen-bond acceptors (Lipinski definition) is 6. The quantitative estimate of drug-likeness (QED) is 0.457. The van der Waals surface area contributed by atoms with Crippen molar-refractivity contribution < 1.29 is 40.2 Å². The first kappa shape index (κ1) is 16.6. The minimum atomic E-state index is -1.27. The van der Waals surface area contributed by atoms with Gasteiger partial charge >= 0.3 is 11.9 Å². The molecule has 0 aliphatic heterocycles. The average Bonchev–Trinajstić information content (AvgIpc) is 2.41. The predicted molar refractivity (Wildman–Crippen MR) is 73.5 cm³/mol. The summed E-state index contributed by atoms with van der Waals surface area (Å²) in [4.78, 5) is 20.6. The molecule has 0 bridgehead atoms. The molecule has 2 aromatic carbocycles. The highest BCUT2D eigenvalue weighted by Gasteiger charge is 2.11. The van der Waals surface area contributed by atoms with E-state index in [0.29, 0.717) is 0 Å². The predicted octanol–water partition coefficient (Wildman–Crippen LogP) is 1.59. The van der Waals surface area contributed by atoms with Gasteiger partial charge in [0, 0.05) is 6.07 Å². The van der Waals surface area contributed by atoms with Gasteiger partial charge in [0.1, 0.15) is 22.6 Å². The third kappa shape index (κ3) is 4.04. The fourth-order valence-corrected chi connectivity index (χ4v) is 1.40. The van der Waals surface area contributed by atoms with Crippen LogP contribution in [0.2, 0.25) is 0 Å². The first-order chi connectivity index (χ1) is 10.2. The molecule has 22 heavy (non-hydrogen) atoms. The van der Waals surface area contributed by atoms with Crippen molar-refractivity contribution in [2.45, 2.75) is 0 Å². The standard InChI is InChI=1S/2C7H6O4/c8-4-1-2-5(7(10)11)6(9)3-4;8-5-3-1-2-4(6(5)9)7(10)11/h2*1-3,8-9H,(H,10,11). The number of aromatic carboxylic acids is 2. The van der Waals surface area contributed by atoms with Crippen LogP contribution in [0.25, 0.3) is 0 Å². The fraction of sp³-hybridized carbons (Fsp3) is 0. The second-order valence-corrected chi connectivity index (χ2v) is 3.99. The van der Waals surface area contributed by atoms with E-state index in [2.05, 4.69) is 0 Å². The first-order valence-corrected chi connectivity index (χ1v) is 5.73. The number of benzene rings is 2. The van der Waals surface area contributed by atoms with Crippen molar-refractivity contribution in [1.29, 1.82) is 0 Å². The highest BCUT2D eigenvalue weighted by Crippen LogP contribution is 2.27. The lowest BCUT2D eigenvalue weighted by Gasteiger charge is -1.99. The molecule has 2 rings (SSSR count). The van der Waals surface area contributed by atoms with E-state index in [1.165, 1.54) is 24.3 Å². The fourth-order valence-electron chi connectivity index (χ4n) is 1.40. The molecule has 0 unspecified atom stereocenters. The Morgan fingerprint density at radius 1 is 0.727 bits per heavy atom. The summed E-state index contributed by atoms with van der Waals surface area (Å²) in [5, 5.41) is 52.3. The van der Waals surface area contributed by atoms with Crippen LogP contribution in [0.15, 0.2) is 36.4 Å². The summed E-state index contributed by atoms with van der Waals surface area (Å²) in [5.74, 6) is -4.10. The minimum Gasteiger partial charge on any atom is -0.508 e. The molecule has 6 N–H and O–H groups in total. The number of carbonyl (C=O) groups is 2. The van der Waals surface area contributed by atoms with Gasteiger partial charge in [-0.3, -0.25) is 0 Å². The largest absolute Gasteiger partial charge is 0.508 e. The van der Waals surface area contributed by atoms with Crippen LogP contribution in [0.3, 0.4) is 0 Å². The van der Waals surface area contributed by atoms with E-state index in [0.717, 1.165) is 12.1 Å². The number of rotatable bonds is 2. The summed E-state index contributed by atoms with van der Waals surface area (Å²) >= 11 is 0. The molecule has 0 saturated heterocycles. The zero-order valence-electron chi connectivity index (χ0n) is 11.0. The van der Waals surface area contributed by atoms with Crippen LogP contribution in [-0.2, 0) is 0 Å². The summed E-state index contributed by atoms with van der Waals surface area (Å²) in [6.45, 7) is 0. The number of para-hydroxylation sites is 1. The monoisotopic (exact) mass is 308 g/mol. The molecule has 0 aliphatic carbocycles. The van der Waals surface area contributed by atoms with E-state index in [1.54, 1.807) is 0 Å². The van der Waals surface area contributed by atoms with Crippen LogP contribution in [-0.4, -0.2) is 42.6 Å². The van der Waals surface area contributed by atoms with Crippen molar-refractivity contribution in [3.8, 4) is 23.0 Å². The van der Waals surface area contributed by atoms with Crippen molar-refractivity contribution >= 4 is 11.9 Å². The van der Waals surface area contributed by atoms with Crippen molar-refractivity contribution in [3.05, 3.63) is 47.5 Å². The highest BCUT2D eigenvalue weighted by molar-refractivity contribution is 5.91. The van der Waals surface area contributed by atoms with Crippen LogP contribution in [0.1, 0.15) is 20.7 Å². The molecular formula is C14H12O8. The molecular weight excluding hydrogens is 296 g/mol. The summed E-state index contributed by atoms with van der Waals surface area (Å²) in [6.07, 6.45) is 0. The number of carboxylic acid groups (broad SMARTS) is 2. The van der Waals surface area contributed by atoms with Gasteiger partial charge in [0.25, 0.3) is 0 Å². The maximum absolute atomic E-state index is 10.3. The van der Waals surface area contributed by atoms with Crippen molar-refractivity contribution in [1.82, 2.24) is 0 Å². The second kappa shape index (κ2) is 6.84. The molecule has 116 valence electrons. The number of phenols is 4. The van der Waals surface area contributed by atoms with E-state index in [4.69, 9.17) is 30.6 Å². The van der Waals surface area contributed by atoms with Gasteiger partial charge in [-0.15, -0.1) is 0 Å². The third-order valence-electron chi connectivity index (χ3n) is 2.46. The molecule has 0 spiro atoms. The number of aromatic hydroxyl groups is 4. The molecule has 2 aromatic rings. The SMILES string of the molecule is O=C(O)c1ccc(O)cc1O.O=C(O)c1cccc(O)c1O. The van der Waals surface area contributed by atoms with E-state index in [-0.39, 0.29) is 16.9 Å². The van der Waals surface area contributed by atoms with E-state index < -0.39 is 29.2 Å². The van der Waals surface area contributed by atoms with Crippen LogP contribution in [0.4, 0.5) is 0 Å². The molecule has 0 atom stereocenters. The lowest BCUT2D eigenvalue weighted by atomic mass is 10.2. The Morgan fingerprint density at radius 2 is 1.32 bits per heavy atom. The first-order valence-electron chi connectivity index (χ1n) is 5.73. The Balaban J connectivity index is 0.000000220. The van der Waals surface area contributed by atoms with Crippen molar-refractivity contribution in [2.24, 2.45) is 0 Å². The topological polar surface area (TPSA) is 156 Å². The molecule has 8 heteroatoms. The van der Waals surface area contributed by atoms with Crippen LogP contribution >= 0.6 is 0 Å². The van der Waals surface area contributed by atoms with Crippen LogP contribution < -0.4 is 0 Å². The van der Waals surface area contributed by atoms with Crippen molar-refractivity contribution in [3.63, 3.8) is 0 Å². The van der Waals surface area contributed by atoms with Gasteiger partial charge in [-0.25, -0.2) is 9.59 Å². The normalized spacial score (nSPS) is 9.45. The summed E-state index contributed by atoms with van der Waals surface area (Å²) < 4.78 is 0. The Hall–Kier alpha value is -3.42. The smallest absolute Gasteiger partial charge is 0.339 e. The molecule has 8 nitrogen and oxygen atoms in total. The lowest BCUT2D eigenvalue weighted by molar-refractivity contribution is 0.0682. The van der Waals surface area contributed by atoms with Gasteiger partial charge in [-0.2, -0.15) is 0 Å². The lowest BCUT2D eigenvalue weighted by Crippen LogP contribution is -1.95. The van der Waals surface area contributed by atoms with Gasteiger partial charge in [-0.1, -0.05) is 6.07 Å². The van der Waals surface area contributed by atoms with Gasteiger partial charge in [0.2, 0.25) is 0 Å². The van der Waals surface area contributed by atoms with E-state index in [1.807, 2.05) is 0 Å². The van der Waals surface area contributed by atoms with E-state index >= 15 is 0 Å². The Kier molecular flexibility index (Phi) is 5.17. The second-order valence-electron chi connectivity index (χ2n) is 3.99. The molecule has 0 saturated carbocycles. The number of phenolic OH excluding ortho intramolecular Hbond substituents is 2. The number of hydrogen-bond donors (Lipinski definition) is 6. The average molecular weight is 308 g/mol. The van der Waals surface area contributed by atoms with Gasteiger partial charge in [-0.05, 0) is 24.3 Å². The van der Waals surface area contributed by atoms with Gasteiger partial charge < -0.3 is 30.6 Å². The maximum atomic E-state index is 10.3. The Morgan fingerprint density at radius 3 is 1.77 bits per heavy atom. The summed E-state index contributed by atoms with van der Waals surface area (Å²) in [5.41, 5.74) is -0.521. The van der Waals surface area contributed by atoms with Gasteiger partial charge in [0.15, 0.2) is 11.5 Å². The molecule has 0 aromatic heterocycles. The summed E-state index contributed by atoms with van der Waals surface area (Å²) in [6, 6.07) is 7.07. The van der Waals surface area contributed by atoms with Crippen LogP contribution in [0.5, 0.6) is 23.0 Å². The third-order valence-corrected chi connectivity index (χ3v) is 2.46. The molecule has 0 heterocycles. The van der Waals surface area contributed by atoms with Gasteiger partial charge in [0.05, 0.1) is 0 Å². The van der Waals surface area contributed by atoms with E-state index in [9.17, 15) is 9.59 Å². The van der Waals surface area contributed by atoms with Crippen molar-refractivity contribution in [2.75, 3.05) is 0 Å². The zero-order valence-corrected chi connectivity index (χ0v) is 11.0. The summed E-state index contributed by atoms with van der Waals surface area (Å²) in [7, 11) is 0. The number of carboxylic acids is 2. The molecule has 0 amide bonds. The minimum absolute atomic E-state index is 0.160. The molecule has 0 radical (unpaired) electrons. The van der Waals surface area contributed by atoms with Crippen LogP contribution in [0, 0.1) is 0 Å². The Labute approximate surface area is 123 Å². The molecule has 0 aliphatic rings. The zero-order chi connectivity index (χ0) is 16.9. The highest BCUT2D eigenvalue weighted by atomic mass is 16.4. The Bertz CT molecular complexity index is 708. The molecule has 0 fully saturated rings. The maximum Gasteiger partial charge on any atom is 0.339 e.